The molecule has 6 nitrogen and oxygen atoms in total. The Morgan fingerprint density at radius 2 is 1.59 bits per heavy atom. The first-order valence-electron chi connectivity index (χ1n) is 10.6. The van der Waals surface area contributed by atoms with E-state index in [0.717, 1.165) is 16.8 Å². The molecule has 0 radical (unpaired) electrons. The largest absolute Gasteiger partial charge is 0.482 e. The fourth-order valence-electron chi connectivity index (χ4n) is 3.68. The normalized spacial score (nSPS) is 15.2. The second-order valence-electron chi connectivity index (χ2n) is 7.28. The van der Waals surface area contributed by atoms with Crippen molar-refractivity contribution in [3.63, 3.8) is 0 Å². The molecule has 0 aliphatic carbocycles. The molecule has 3 aromatic rings. The lowest BCUT2D eigenvalue weighted by Gasteiger charge is -2.24. The molecule has 1 amide bonds. The first kappa shape index (κ1) is 21.3. The van der Waals surface area contributed by atoms with E-state index in [2.05, 4.69) is 0 Å². The van der Waals surface area contributed by atoms with Crippen LogP contribution in [-0.2, 0) is 9.53 Å². The molecule has 1 heterocycles. The highest BCUT2D eigenvalue weighted by Crippen LogP contribution is 2.38. The molecule has 0 unspecified atom stereocenters. The summed E-state index contributed by atoms with van der Waals surface area (Å²) in [6.45, 7) is 1.84. The number of hydrogen-bond acceptors (Lipinski definition) is 5. The Hall–Kier alpha value is -3.93. The number of hydrazone groups is 1. The highest BCUT2D eigenvalue weighted by molar-refractivity contribution is 6.05. The van der Waals surface area contributed by atoms with Crippen molar-refractivity contribution in [2.24, 2.45) is 5.10 Å². The van der Waals surface area contributed by atoms with E-state index >= 15 is 0 Å². The number of carbonyl (C=O) groups excluding carboxylic acids is 2. The van der Waals surface area contributed by atoms with Gasteiger partial charge >= 0.3 is 5.97 Å². The van der Waals surface area contributed by atoms with Crippen LogP contribution in [0.25, 0.3) is 0 Å². The first-order valence-corrected chi connectivity index (χ1v) is 10.6. The summed E-state index contributed by atoms with van der Waals surface area (Å²) in [5, 5.41) is 6.23. The minimum atomic E-state index is -0.438. The van der Waals surface area contributed by atoms with Crippen LogP contribution in [0.2, 0.25) is 0 Å². The lowest BCUT2D eigenvalue weighted by atomic mass is 9.97. The Kier molecular flexibility index (Phi) is 6.60. The maximum absolute atomic E-state index is 13.4. The van der Waals surface area contributed by atoms with Gasteiger partial charge < -0.3 is 9.47 Å². The van der Waals surface area contributed by atoms with Crippen LogP contribution in [0.5, 0.6) is 5.75 Å². The molecule has 0 saturated carbocycles. The molecule has 0 N–H and O–H groups in total. The number of rotatable bonds is 7. The molecule has 162 valence electrons. The van der Waals surface area contributed by atoms with Gasteiger partial charge in [0.1, 0.15) is 5.75 Å². The molecule has 1 aliphatic rings. The zero-order valence-electron chi connectivity index (χ0n) is 17.8. The van der Waals surface area contributed by atoms with E-state index in [1.54, 1.807) is 25.1 Å². The standard InChI is InChI=1S/C26H24N2O4/c1-2-31-25(29)18-32-24-16-10-9-15-21(24)23-17-22(19-11-5-3-6-12-19)27-28(23)26(30)20-13-7-4-8-14-20/h3-16,23H,2,17-18H2,1H3/t23-/m1/s1. The van der Waals surface area contributed by atoms with Gasteiger partial charge in [-0.1, -0.05) is 66.7 Å². The third-order valence-corrected chi connectivity index (χ3v) is 5.18. The predicted octanol–water partition coefficient (Wildman–Crippen LogP) is 4.62. The number of esters is 1. The summed E-state index contributed by atoms with van der Waals surface area (Å²) in [4.78, 5) is 25.2. The van der Waals surface area contributed by atoms with E-state index in [-0.39, 0.29) is 18.6 Å². The summed E-state index contributed by atoms with van der Waals surface area (Å²) in [5.74, 6) is -0.102. The summed E-state index contributed by atoms with van der Waals surface area (Å²) >= 11 is 0. The van der Waals surface area contributed by atoms with Gasteiger partial charge in [0.25, 0.3) is 5.91 Å². The molecule has 0 aromatic heterocycles. The molecule has 1 aliphatic heterocycles. The van der Waals surface area contributed by atoms with Gasteiger partial charge in [0.2, 0.25) is 0 Å². The fraction of sp³-hybridized carbons (Fsp3) is 0.192. The zero-order chi connectivity index (χ0) is 22.3. The topological polar surface area (TPSA) is 68.2 Å². The Morgan fingerprint density at radius 1 is 0.938 bits per heavy atom. The van der Waals surface area contributed by atoms with Crippen molar-refractivity contribution in [1.82, 2.24) is 5.01 Å². The van der Waals surface area contributed by atoms with Gasteiger partial charge in [-0.3, -0.25) is 4.79 Å². The van der Waals surface area contributed by atoms with E-state index in [1.165, 1.54) is 5.01 Å². The third-order valence-electron chi connectivity index (χ3n) is 5.18. The second-order valence-corrected chi connectivity index (χ2v) is 7.28. The smallest absolute Gasteiger partial charge is 0.344 e. The molecular formula is C26H24N2O4. The average molecular weight is 428 g/mol. The molecule has 32 heavy (non-hydrogen) atoms. The van der Waals surface area contributed by atoms with Crippen LogP contribution in [0.4, 0.5) is 0 Å². The quantitative estimate of drug-likeness (QED) is 0.515. The number of benzene rings is 3. The van der Waals surface area contributed by atoms with Crippen LogP contribution in [0.3, 0.4) is 0 Å². The van der Waals surface area contributed by atoms with Crippen LogP contribution in [0.1, 0.15) is 40.9 Å². The number of nitrogens with zero attached hydrogens (tertiary/aromatic N) is 2. The van der Waals surface area contributed by atoms with Crippen LogP contribution in [-0.4, -0.2) is 35.8 Å². The van der Waals surface area contributed by atoms with Gasteiger partial charge in [0, 0.05) is 17.5 Å². The molecule has 4 rings (SSSR count). The predicted molar refractivity (Wildman–Crippen MR) is 122 cm³/mol. The molecule has 0 fully saturated rings. The Balaban J connectivity index is 1.68. The van der Waals surface area contributed by atoms with E-state index < -0.39 is 5.97 Å². The van der Waals surface area contributed by atoms with Crippen molar-refractivity contribution in [3.8, 4) is 5.75 Å². The molecule has 0 bridgehead atoms. The van der Waals surface area contributed by atoms with Crippen LogP contribution in [0, 0.1) is 0 Å². The number of para-hydroxylation sites is 1. The first-order chi connectivity index (χ1) is 15.7. The molecular weight excluding hydrogens is 404 g/mol. The monoisotopic (exact) mass is 428 g/mol. The average Bonchev–Trinajstić information content (AvgIpc) is 3.29. The number of hydrogen-bond donors (Lipinski definition) is 0. The molecule has 1 atom stereocenters. The lowest BCUT2D eigenvalue weighted by Crippen LogP contribution is -2.27. The van der Waals surface area contributed by atoms with Crippen molar-refractivity contribution in [2.75, 3.05) is 13.2 Å². The number of amides is 1. The summed E-state index contributed by atoms with van der Waals surface area (Å²) in [5.41, 5.74) is 3.13. The Labute approximate surface area is 187 Å². The molecule has 6 heteroatoms. The van der Waals surface area contributed by atoms with Gasteiger partial charge in [-0.25, -0.2) is 9.80 Å². The van der Waals surface area contributed by atoms with Crippen molar-refractivity contribution in [3.05, 3.63) is 102 Å². The van der Waals surface area contributed by atoms with E-state index in [0.29, 0.717) is 24.3 Å². The van der Waals surface area contributed by atoms with Gasteiger partial charge in [-0.2, -0.15) is 5.10 Å². The summed E-state index contributed by atoms with van der Waals surface area (Å²) < 4.78 is 10.7. The van der Waals surface area contributed by atoms with Gasteiger partial charge in [0.05, 0.1) is 18.4 Å². The maximum atomic E-state index is 13.4. The van der Waals surface area contributed by atoms with Crippen LogP contribution < -0.4 is 4.74 Å². The van der Waals surface area contributed by atoms with Crippen molar-refractivity contribution >= 4 is 17.6 Å². The minimum Gasteiger partial charge on any atom is -0.482 e. The van der Waals surface area contributed by atoms with Gasteiger partial charge in [-0.15, -0.1) is 0 Å². The Morgan fingerprint density at radius 3 is 2.31 bits per heavy atom. The number of carbonyl (C=O) groups is 2. The number of ether oxygens (including phenoxy) is 2. The van der Waals surface area contributed by atoms with E-state index in [9.17, 15) is 9.59 Å². The third kappa shape index (κ3) is 4.70. The van der Waals surface area contributed by atoms with Gasteiger partial charge in [-0.05, 0) is 30.7 Å². The van der Waals surface area contributed by atoms with Crippen molar-refractivity contribution in [1.29, 1.82) is 0 Å². The fourth-order valence-corrected chi connectivity index (χ4v) is 3.68. The zero-order valence-corrected chi connectivity index (χ0v) is 17.8. The van der Waals surface area contributed by atoms with E-state index in [4.69, 9.17) is 14.6 Å². The van der Waals surface area contributed by atoms with Crippen LogP contribution >= 0.6 is 0 Å². The highest BCUT2D eigenvalue weighted by atomic mass is 16.6. The van der Waals surface area contributed by atoms with E-state index in [1.807, 2.05) is 66.7 Å². The maximum Gasteiger partial charge on any atom is 0.344 e. The summed E-state index contributed by atoms with van der Waals surface area (Å²) in [6, 6.07) is 25.9. The van der Waals surface area contributed by atoms with Crippen molar-refractivity contribution < 1.29 is 19.1 Å². The Bertz CT molecular complexity index is 1110. The minimum absolute atomic E-state index is 0.193. The summed E-state index contributed by atoms with van der Waals surface area (Å²) in [6.07, 6.45) is 0.530. The van der Waals surface area contributed by atoms with Gasteiger partial charge in [0.15, 0.2) is 6.61 Å². The lowest BCUT2D eigenvalue weighted by molar-refractivity contribution is -0.145. The summed E-state index contributed by atoms with van der Waals surface area (Å²) in [7, 11) is 0. The van der Waals surface area contributed by atoms with Crippen molar-refractivity contribution in [2.45, 2.75) is 19.4 Å². The highest BCUT2D eigenvalue weighted by Gasteiger charge is 2.35. The molecule has 0 spiro atoms. The second kappa shape index (κ2) is 9.92. The molecule has 0 saturated heterocycles. The molecule has 3 aromatic carbocycles. The SMILES string of the molecule is CCOC(=O)COc1ccccc1[C@H]1CC(c2ccccc2)=NN1C(=O)c1ccccc1. The van der Waals surface area contributed by atoms with Crippen LogP contribution in [0.15, 0.2) is 90.0 Å².